The molecule has 0 saturated carbocycles. The van der Waals surface area contributed by atoms with E-state index in [4.69, 9.17) is 9.26 Å². The Morgan fingerprint density at radius 1 is 1.18 bits per heavy atom. The third-order valence-electron chi connectivity index (χ3n) is 5.27. The maximum absolute atomic E-state index is 13.0. The number of sulfonamides is 1. The molecule has 4 rings (SSSR count). The number of amides is 2. The summed E-state index contributed by atoms with van der Waals surface area (Å²) in [6.07, 6.45) is 0.0576. The first kappa shape index (κ1) is 22.5. The Labute approximate surface area is 190 Å². The Hall–Kier alpha value is -3.73. The molecule has 0 unspecified atom stereocenters. The number of aryl methyl sites for hydroxylation is 1. The van der Waals surface area contributed by atoms with Crippen molar-refractivity contribution in [3.63, 3.8) is 0 Å². The monoisotopic (exact) mass is 470 g/mol. The SMILES string of the molecule is COc1ccc(-c2noc(CNC(=O)[C@@H]3CCC(=O)N3S(=O)(=O)c3ccc(C)cc3)n2)cc1. The fourth-order valence-corrected chi connectivity index (χ4v) is 5.09. The standard InChI is InChI=1S/C22H22N4O6S/c1-14-3-9-17(10-4-14)33(29,30)26-18(11-12-20(26)27)22(28)23-13-19-24-21(25-32-19)15-5-7-16(31-2)8-6-15/h3-10,18H,11-13H2,1-2H3,(H,23,28)/t18-/m0/s1. The van der Waals surface area contributed by atoms with E-state index in [9.17, 15) is 18.0 Å². The number of rotatable bonds is 7. The van der Waals surface area contributed by atoms with Crippen LogP contribution in [0.4, 0.5) is 0 Å². The molecule has 1 saturated heterocycles. The predicted octanol–water partition coefficient (Wildman–Crippen LogP) is 2.05. The van der Waals surface area contributed by atoms with E-state index < -0.39 is 27.9 Å². The van der Waals surface area contributed by atoms with Crippen molar-refractivity contribution in [1.29, 1.82) is 0 Å². The van der Waals surface area contributed by atoms with E-state index in [0.717, 1.165) is 5.56 Å². The van der Waals surface area contributed by atoms with Crippen molar-refractivity contribution in [3.05, 3.63) is 60.0 Å². The molecule has 0 aliphatic carbocycles. The van der Waals surface area contributed by atoms with E-state index in [0.29, 0.717) is 21.4 Å². The van der Waals surface area contributed by atoms with Crippen molar-refractivity contribution >= 4 is 21.8 Å². The molecule has 2 heterocycles. The summed E-state index contributed by atoms with van der Waals surface area (Å²) in [5, 5.41) is 6.49. The molecule has 2 aromatic carbocycles. The Morgan fingerprint density at radius 2 is 1.88 bits per heavy atom. The van der Waals surface area contributed by atoms with E-state index in [2.05, 4.69) is 15.5 Å². The third kappa shape index (κ3) is 4.58. The van der Waals surface area contributed by atoms with E-state index >= 15 is 0 Å². The van der Waals surface area contributed by atoms with Gasteiger partial charge in [0.25, 0.3) is 10.0 Å². The smallest absolute Gasteiger partial charge is 0.267 e. The first-order chi connectivity index (χ1) is 15.8. The first-order valence-electron chi connectivity index (χ1n) is 10.2. The van der Waals surface area contributed by atoms with Crippen LogP contribution in [0.25, 0.3) is 11.4 Å². The highest BCUT2D eigenvalue weighted by Crippen LogP contribution is 2.28. The number of carbonyl (C=O) groups is 2. The van der Waals surface area contributed by atoms with Gasteiger partial charge in [-0.25, -0.2) is 12.7 Å². The molecule has 1 atom stereocenters. The molecule has 10 nitrogen and oxygen atoms in total. The molecule has 172 valence electrons. The summed E-state index contributed by atoms with van der Waals surface area (Å²) >= 11 is 0. The van der Waals surface area contributed by atoms with Gasteiger partial charge in [-0.3, -0.25) is 9.59 Å². The minimum Gasteiger partial charge on any atom is -0.497 e. The van der Waals surface area contributed by atoms with Gasteiger partial charge in [0.05, 0.1) is 18.6 Å². The number of ether oxygens (including phenoxy) is 1. The van der Waals surface area contributed by atoms with Crippen LogP contribution in [0.5, 0.6) is 5.75 Å². The highest BCUT2D eigenvalue weighted by Gasteiger charge is 2.44. The lowest BCUT2D eigenvalue weighted by Crippen LogP contribution is -2.47. The van der Waals surface area contributed by atoms with Crippen LogP contribution in [0.1, 0.15) is 24.3 Å². The zero-order valence-electron chi connectivity index (χ0n) is 18.0. The summed E-state index contributed by atoms with van der Waals surface area (Å²) in [5.41, 5.74) is 1.58. The second-order valence-corrected chi connectivity index (χ2v) is 9.34. The van der Waals surface area contributed by atoms with Gasteiger partial charge in [-0.1, -0.05) is 22.9 Å². The van der Waals surface area contributed by atoms with E-state index in [1.807, 2.05) is 6.92 Å². The molecule has 1 aliphatic rings. The van der Waals surface area contributed by atoms with Crippen molar-refractivity contribution in [3.8, 4) is 17.1 Å². The Bertz CT molecular complexity index is 1270. The van der Waals surface area contributed by atoms with E-state index in [1.54, 1.807) is 43.5 Å². The van der Waals surface area contributed by atoms with Crippen LogP contribution in [0.2, 0.25) is 0 Å². The normalized spacial score (nSPS) is 16.1. The Kier molecular flexibility index (Phi) is 6.14. The van der Waals surface area contributed by atoms with Gasteiger partial charge < -0.3 is 14.6 Å². The zero-order chi connectivity index (χ0) is 23.6. The molecular weight excluding hydrogens is 448 g/mol. The van der Waals surface area contributed by atoms with Gasteiger partial charge in [0, 0.05) is 12.0 Å². The lowest BCUT2D eigenvalue weighted by atomic mass is 10.2. The molecule has 0 radical (unpaired) electrons. The van der Waals surface area contributed by atoms with Gasteiger partial charge in [0.2, 0.25) is 23.5 Å². The van der Waals surface area contributed by atoms with Crippen molar-refractivity contribution in [1.82, 2.24) is 19.8 Å². The van der Waals surface area contributed by atoms with Crippen LogP contribution >= 0.6 is 0 Å². The lowest BCUT2D eigenvalue weighted by Gasteiger charge is -2.23. The minimum absolute atomic E-state index is 0.0364. The lowest BCUT2D eigenvalue weighted by molar-refractivity contribution is -0.130. The predicted molar refractivity (Wildman–Crippen MR) is 116 cm³/mol. The summed E-state index contributed by atoms with van der Waals surface area (Å²) in [4.78, 5) is 29.4. The second-order valence-electron chi connectivity index (χ2n) is 7.52. The minimum atomic E-state index is -4.16. The highest BCUT2D eigenvalue weighted by molar-refractivity contribution is 7.89. The second kappa shape index (κ2) is 9.02. The van der Waals surface area contributed by atoms with Crippen molar-refractivity contribution in [2.75, 3.05) is 7.11 Å². The quantitative estimate of drug-likeness (QED) is 0.555. The van der Waals surface area contributed by atoms with Crippen LogP contribution in [0.15, 0.2) is 57.9 Å². The van der Waals surface area contributed by atoms with Gasteiger partial charge in [0.1, 0.15) is 11.8 Å². The number of carbonyl (C=O) groups excluding carboxylic acids is 2. The van der Waals surface area contributed by atoms with Crippen LogP contribution in [0.3, 0.4) is 0 Å². The largest absolute Gasteiger partial charge is 0.497 e. The Balaban J connectivity index is 1.45. The fourth-order valence-electron chi connectivity index (χ4n) is 3.49. The maximum atomic E-state index is 13.0. The fraction of sp³-hybridized carbons (Fsp3) is 0.273. The highest BCUT2D eigenvalue weighted by atomic mass is 32.2. The molecule has 1 aliphatic heterocycles. The number of hydrogen-bond acceptors (Lipinski definition) is 8. The first-order valence-corrected chi connectivity index (χ1v) is 11.6. The number of nitrogens with zero attached hydrogens (tertiary/aromatic N) is 3. The topological polar surface area (TPSA) is 132 Å². The number of methoxy groups -OCH3 is 1. The van der Waals surface area contributed by atoms with Crippen LogP contribution in [-0.2, 0) is 26.2 Å². The molecule has 0 bridgehead atoms. The van der Waals surface area contributed by atoms with Gasteiger partial charge >= 0.3 is 0 Å². The zero-order valence-corrected chi connectivity index (χ0v) is 18.8. The van der Waals surface area contributed by atoms with Crippen molar-refractivity contribution in [2.45, 2.75) is 37.2 Å². The maximum Gasteiger partial charge on any atom is 0.267 e. The molecule has 2 amide bonds. The van der Waals surface area contributed by atoms with Gasteiger partial charge in [-0.15, -0.1) is 0 Å². The third-order valence-corrected chi connectivity index (χ3v) is 7.12. The molecular formula is C22H22N4O6S. The summed E-state index contributed by atoms with van der Waals surface area (Å²) in [6, 6.07) is 12.0. The molecule has 0 spiro atoms. The van der Waals surface area contributed by atoms with Crippen molar-refractivity contribution in [2.24, 2.45) is 0 Å². The van der Waals surface area contributed by atoms with E-state index in [1.165, 1.54) is 12.1 Å². The van der Waals surface area contributed by atoms with Crippen molar-refractivity contribution < 1.29 is 27.3 Å². The average molecular weight is 471 g/mol. The average Bonchev–Trinajstić information content (AvgIpc) is 3.45. The van der Waals surface area contributed by atoms with Crippen LogP contribution in [-0.4, -0.2) is 47.8 Å². The Morgan fingerprint density at radius 3 is 2.55 bits per heavy atom. The number of benzene rings is 2. The molecule has 1 N–H and O–H groups in total. The molecule has 33 heavy (non-hydrogen) atoms. The van der Waals surface area contributed by atoms with Crippen LogP contribution < -0.4 is 10.1 Å². The number of aromatic nitrogens is 2. The van der Waals surface area contributed by atoms with Gasteiger partial charge in [-0.05, 0) is 49.7 Å². The number of nitrogens with one attached hydrogen (secondary N) is 1. The van der Waals surface area contributed by atoms with Crippen LogP contribution in [0, 0.1) is 6.92 Å². The van der Waals surface area contributed by atoms with Gasteiger partial charge in [-0.2, -0.15) is 4.98 Å². The summed E-state index contributed by atoms with van der Waals surface area (Å²) in [6.45, 7) is 1.72. The summed E-state index contributed by atoms with van der Waals surface area (Å²) in [5.74, 6) is -0.0602. The summed E-state index contributed by atoms with van der Waals surface area (Å²) in [7, 11) is -2.59. The molecule has 11 heteroatoms. The van der Waals surface area contributed by atoms with E-state index in [-0.39, 0.29) is 30.2 Å². The number of hydrogen-bond donors (Lipinski definition) is 1. The van der Waals surface area contributed by atoms with Gasteiger partial charge in [0.15, 0.2) is 0 Å². The molecule has 1 fully saturated rings. The summed E-state index contributed by atoms with van der Waals surface area (Å²) < 4.78 is 37.0. The molecule has 1 aromatic heterocycles. The molecule has 3 aromatic rings.